The van der Waals surface area contributed by atoms with Crippen LogP contribution in [-0.4, -0.2) is 35.8 Å². The van der Waals surface area contributed by atoms with E-state index in [-0.39, 0.29) is 30.4 Å². The van der Waals surface area contributed by atoms with Crippen LogP contribution in [-0.2, 0) is 24.6 Å². The van der Waals surface area contributed by atoms with Gasteiger partial charge in [-0.3, -0.25) is 24.1 Å². The van der Waals surface area contributed by atoms with Crippen molar-refractivity contribution >= 4 is 58.2 Å². The van der Waals surface area contributed by atoms with Gasteiger partial charge in [-0.1, -0.05) is 77.3 Å². The summed E-state index contributed by atoms with van der Waals surface area (Å²) in [7, 11) is 1.49. The number of ether oxygens (including phenoxy) is 1. The Morgan fingerprint density at radius 1 is 0.755 bits per heavy atom. The van der Waals surface area contributed by atoms with Crippen LogP contribution in [0.1, 0.15) is 29.9 Å². The van der Waals surface area contributed by atoms with Gasteiger partial charge in [0.25, 0.3) is 0 Å². The molecule has 2 aliphatic carbocycles. The van der Waals surface area contributed by atoms with E-state index in [0.29, 0.717) is 38.3 Å². The molecule has 0 bridgehead atoms. The molecule has 3 fully saturated rings. The number of rotatable bonds is 5. The third kappa shape index (κ3) is 4.50. The molecule has 10 heteroatoms. The van der Waals surface area contributed by atoms with E-state index in [0.717, 1.165) is 5.57 Å². The molecule has 8 rings (SSSR count). The number of aromatic hydroxyl groups is 1. The fraction of sp³-hybridized carbons (Fsp3) is 0.231. The van der Waals surface area contributed by atoms with Gasteiger partial charge in [0.1, 0.15) is 11.5 Å². The van der Waals surface area contributed by atoms with Crippen LogP contribution in [0.5, 0.6) is 11.5 Å². The first-order chi connectivity index (χ1) is 23.7. The number of carbonyl (C=O) groups excluding carboxylic acids is 4. The summed E-state index contributed by atoms with van der Waals surface area (Å²) in [6.45, 7) is 0. The molecule has 246 valence electrons. The van der Waals surface area contributed by atoms with Crippen molar-refractivity contribution in [2.24, 2.45) is 23.7 Å². The smallest absolute Gasteiger partial charge is 0.246 e. The number of nitrogens with zero attached hydrogens (tertiary/aromatic N) is 2. The average Bonchev–Trinajstić information content (AvgIpc) is 3.50. The molecule has 6 unspecified atom stereocenters. The molecule has 2 heterocycles. The van der Waals surface area contributed by atoms with E-state index >= 15 is 4.79 Å². The summed E-state index contributed by atoms with van der Waals surface area (Å²) in [5.41, 5.74) is 1.34. The lowest BCUT2D eigenvalue weighted by atomic mass is 9.49. The summed E-state index contributed by atoms with van der Waals surface area (Å²) >= 11 is 12.5. The first-order valence-corrected chi connectivity index (χ1v) is 16.8. The lowest BCUT2D eigenvalue weighted by Gasteiger charge is -2.51. The summed E-state index contributed by atoms with van der Waals surface area (Å²) in [4.78, 5) is 61.0. The molecule has 0 radical (unpaired) electrons. The topological polar surface area (TPSA) is 104 Å². The van der Waals surface area contributed by atoms with E-state index in [1.807, 2.05) is 36.4 Å². The van der Waals surface area contributed by atoms with Crippen LogP contribution in [0.3, 0.4) is 0 Å². The number of imide groups is 2. The number of benzene rings is 4. The average molecular weight is 694 g/mol. The van der Waals surface area contributed by atoms with Crippen molar-refractivity contribution in [3.8, 4) is 11.5 Å². The van der Waals surface area contributed by atoms with Crippen molar-refractivity contribution in [1.29, 1.82) is 0 Å². The van der Waals surface area contributed by atoms with Gasteiger partial charge in [-0.15, -0.1) is 0 Å². The summed E-state index contributed by atoms with van der Waals surface area (Å²) < 4.78 is 5.83. The van der Waals surface area contributed by atoms with Gasteiger partial charge in [0.05, 0.1) is 41.7 Å². The Labute approximate surface area is 292 Å². The zero-order valence-corrected chi connectivity index (χ0v) is 27.8. The SMILES string of the molecule is COc1cc(O)ccc1C1C2=CCC3C(=O)N(c4ccc(Cl)cc4)C(=O)C3C2CC2C(=O)N(c3cccc(Cl)c3)C(=O)C21c1ccccc1. The molecule has 6 atom stereocenters. The molecule has 2 aliphatic heterocycles. The second-order valence-corrected chi connectivity index (χ2v) is 13.9. The predicted octanol–water partition coefficient (Wildman–Crippen LogP) is 7.07. The zero-order chi connectivity index (χ0) is 34.2. The highest BCUT2D eigenvalue weighted by atomic mass is 35.5. The van der Waals surface area contributed by atoms with Crippen LogP contribution in [0.4, 0.5) is 11.4 Å². The predicted molar refractivity (Wildman–Crippen MR) is 185 cm³/mol. The molecule has 49 heavy (non-hydrogen) atoms. The highest BCUT2D eigenvalue weighted by Gasteiger charge is 2.70. The minimum atomic E-state index is -1.46. The molecule has 4 aliphatic rings. The van der Waals surface area contributed by atoms with Crippen LogP contribution in [0.2, 0.25) is 10.0 Å². The van der Waals surface area contributed by atoms with Crippen molar-refractivity contribution in [3.63, 3.8) is 0 Å². The van der Waals surface area contributed by atoms with E-state index < -0.39 is 46.8 Å². The molecule has 4 aromatic carbocycles. The van der Waals surface area contributed by atoms with Gasteiger partial charge in [-0.2, -0.15) is 0 Å². The van der Waals surface area contributed by atoms with Crippen LogP contribution in [0.25, 0.3) is 0 Å². The van der Waals surface area contributed by atoms with Gasteiger partial charge in [0, 0.05) is 27.6 Å². The molecule has 2 saturated heterocycles. The van der Waals surface area contributed by atoms with Crippen LogP contribution >= 0.6 is 23.2 Å². The molecule has 4 aromatic rings. The molecule has 0 aromatic heterocycles. The third-order valence-electron chi connectivity index (χ3n) is 10.8. The van der Waals surface area contributed by atoms with E-state index in [9.17, 15) is 19.5 Å². The minimum absolute atomic E-state index is 0.0273. The van der Waals surface area contributed by atoms with E-state index in [1.54, 1.807) is 54.6 Å². The number of halogens is 2. The second kappa shape index (κ2) is 11.6. The van der Waals surface area contributed by atoms with Gasteiger partial charge >= 0.3 is 0 Å². The Kier molecular flexibility index (Phi) is 7.42. The molecule has 8 nitrogen and oxygen atoms in total. The van der Waals surface area contributed by atoms with Crippen LogP contribution in [0.15, 0.2) is 109 Å². The first kappa shape index (κ1) is 31.4. The summed E-state index contributed by atoms with van der Waals surface area (Å²) in [6.07, 6.45) is 2.42. The standard InChI is InChI=1S/C39H30Cl2N2O6/c1-49-32-19-26(44)14-15-28(32)34-27-16-17-29-33(37(47)42(35(29)45)24-12-10-22(40)11-13-24)30(27)20-31-36(46)43(25-9-5-8-23(41)18-25)38(48)39(31,34)21-6-3-2-4-7-21/h2-16,18-19,29-31,33-34,44H,17,20H2,1H3. The highest BCUT2D eigenvalue weighted by molar-refractivity contribution is 6.32. The van der Waals surface area contributed by atoms with Crippen molar-refractivity contribution in [1.82, 2.24) is 0 Å². The maximum Gasteiger partial charge on any atom is 0.246 e. The largest absolute Gasteiger partial charge is 0.508 e. The Balaban J connectivity index is 1.37. The number of phenolic OH excluding ortho intramolecular Hbond substituents is 1. The van der Waals surface area contributed by atoms with Gasteiger partial charge in [0.15, 0.2) is 0 Å². The second-order valence-electron chi connectivity index (χ2n) is 13.0. The lowest BCUT2D eigenvalue weighted by molar-refractivity contribution is -0.127. The summed E-state index contributed by atoms with van der Waals surface area (Å²) in [6, 6.07) is 27.2. The number of anilines is 2. The number of amides is 4. The first-order valence-electron chi connectivity index (χ1n) is 16.1. The monoisotopic (exact) mass is 692 g/mol. The third-order valence-corrected chi connectivity index (χ3v) is 11.3. The molecule has 0 spiro atoms. The highest BCUT2D eigenvalue weighted by Crippen LogP contribution is 2.65. The molecular weight excluding hydrogens is 663 g/mol. The molecular formula is C39H30Cl2N2O6. The van der Waals surface area contributed by atoms with Crippen molar-refractivity contribution < 1.29 is 29.0 Å². The molecule has 4 amide bonds. The Bertz CT molecular complexity index is 2080. The van der Waals surface area contributed by atoms with Crippen molar-refractivity contribution in [2.75, 3.05) is 16.9 Å². The van der Waals surface area contributed by atoms with Gasteiger partial charge in [0.2, 0.25) is 23.6 Å². The van der Waals surface area contributed by atoms with E-state index in [1.165, 1.54) is 29.0 Å². The fourth-order valence-electron chi connectivity index (χ4n) is 8.87. The van der Waals surface area contributed by atoms with Gasteiger partial charge < -0.3 is 9.84 Å². The molecule has 1 saturated carbocycles. The fourth-order valence-corrected chi connectivity index (χ4v) is 9.18. The van der Waals surface area contributed by atoms with E-state index in [2.05, 4.69) is 0 Å². The maximum atomic E-state index is 15.3. The number of methoxy groups -OCH3 is 1. The molecule has 1 N–H and O–H groups in total. The quantitative estimate of drug-likeness (QED) is 0.177. The lowest BCUT2D eigenvalue weighted by Crippen LogP contribution is -2.53. The van der Waals surface area contributed by atoms with E-state index in [4.69, 9.17) is 27.9 Å². The zero-order valence-electron chi connectivity index (χ0n) is 26.3. The van der Waals surface area contributed by atoms with Crippen LogP contribution in [0, 0.1) is 23.7 Å². The number of fused-ring (bicyclic) bond motifs is 4. The number of hydrogen-bond donors (Lipinski definition) is 1. The number of phenols is 1. The maximum absolute atomic E-state index is 15.3. The van der Waals surface area contributed by atoms with Crippen molar-refractivity contribution in [3.05, 3.63) is 130 Å². The Morgan fingerprint density at radius 2 is 1.51 bits per heavy atom. The number of hydrogen-bond acceptors (Lipinski definition) is 6. The van der Waals surface area contributed by atoms with Gasteiger partial charge in [-0.25, -0.2) is 4.90 Å². The van der Waals surface area contributed by atoms with Gasteiger partial charge in [-0.05, 0) is 72.9 Å². The van der Waals surface area contributed by atoms with Crippen molar-refractivity contribution in [2.45, 2.75) is 24.2 Å². The summed E-state index contributed by atoms with van der Waals surface area (Å²) in [5, 5.41) is 11.3. The Hall–Kier alpha value is -4.92. The minimum Gasteiger partial charge on any atom is -0.508 e. The summed E-state index contributed by atoms with van der Waals surface area (Å²) in [5.74, 6) is -4.83. The number of allylic oxidation sites excluding steroid dienone is 2. The van der Waals surface area contributed by atoms with Crippen LogP contribution < -0.4 is 14.5 Å². The Morgan fingerprint density at radius 3 is 2.22 bits per heavy atom. The normalized spacial score (nSPS) is 27.5. The number of carbonyl (C=O) groups is 4.